The number of rotatable bonds is 2. The molecule has 2 nitrogen and oxygen atoms in total. The van der Waals surface area contributed by atoms with E-state index in [1.54, 1.807) is 22.7 Å². The summed E-state index contributed by atoms with van der Waals surface area (Å²) < 4.78 is 0. The summed E-state index contributed by atoms with van der Waals surface area (Å²) in [7, 11) is 0. The first-order valence-electron chi connectivity index (χ1n) is 5.68. The van der Waals surface area contributed by atoms with Gasteiger partial charge in [-0.25, -0.2) is 0 Å². The normalized spacial score (nSPS) is 10.8. The van der Waals surface area contributed by atoms with Gasteiger partial charge in [-0.05, 0) is 38.1 Å². The summed E-state index contributed by atoms with van der Waals surface area (Å²) in [5, 5.41) is 0. The monoisotopic (exact) mass is 272 g/mol. The van der Waals surface area contributed by atoms with Crippen LogP contribution >= 0.6 is 22.7 Å². The van der Waals surface area contributed by atoms with E-state index in [1.165, 1.54) is 19.5 Å². The van der Waals surface area contributed by atoms with Crippen molar-refractivity contribution in [1.82, 2.24) is 9.97 Å². The van der Waals surface area contributed by atoms with E-state index in [1.807, 2.05) is 12.4 Å². The smallest absolute Gasteiger partial charge is 0.0985 e. The van der Waals surface area contributed by atoms with Gasteiger partial charge in [0.05, 0.1) is 33.5 Å². The lowest BCUT2D eigenvalue weighted by Gasteiger charge is -1.98. The highest BCUT2D eigenvalue weighted by molar-refractivity contribution is 7.15. The van der Waals surface area contributed by atoms with E-state index in [2.05, 4.69) is 48.1 Å². The summed E-state index contributed by atoms with van der Waals surface area (Å²) in [6.45, 7) is 4.20. The van der Waals surface area contributed by atoms with Crippen molar-refractivity contribution in [2.75, 3.05) is 0 Å². The summed E-state index contributed by atoms with van der Waals surface area (Å²) in [4.78, 5) is 13.9. The van der Waals surface area contributed by atoms with Crippen molar-refractivity contribution >= 4 is 22.7 Å². The second kappa shape index (κ2) is 4.63. The zero-order valence-electron chi connectivity index (χ0n) is 10.2. The Balaban J connectivity index is 1.94. The molecule has 0 N–H and O–H groups in total. The lowest BCUT2D eigenvalue weighted by molar-refractivity contribution is 1.22. The van der Waals surface area contributed by atoms with Crippen LogP contribution in [0.5, 0.6) is 0 Å². The third-order valence-corrected chi connectivity index (χ3v) is 4.68. The molecule has 0 unspecified atom stereocenters. The van der Waals surface area contributed by atoms with Crippen LogP contribution in [0, 0.1) is 13.8 Å². The molecule has 90 valence electrons. The van der Waals surface area contributed by atoms with Gasteiger partial charge in [-0.3, -0.25) is 9.97 Å². The second-order valence-electron chi connectivity index (χ2n) is 4.11. The van der Waals surface area contributed by atoms with Crippen molar-refractivity contribution in [1.29, 1.82) is 0 Å². The summed E-state index contributed by atoms with van der Waals surface area (Å²) in [5.74, 6) is 0. The SMILES string of the molecule is Cc1ccc(-c2cnc(-c3ccc(C)s3)cn2)s1. The Kier molecular flexibility index (Phi) is 2.97. The van der Waals surface area contributed by atoms with Gasteiger partial charge >= 0.3 is 0 Å². The third-order valence-electron chi connectivity index (χ3n) is 2.64. The van der Waals surface area contributed by atoms with Gasteiger partial charge in [0.1, 0.15) is 0 Å². The maximum absolute atomic E-state index is 4.50. The van der Waals surface area contributed by atoms with Crippen LogP contribution in [0.3, 0.4) is 0 Å². The van der Waals surface area contributed by atoms with Gasteiger partial charge in [-0.15, -0.1) is 22.7 Å². The van der Waals surface area contributed by atoms with E-state index in [9.17, 15) is 0 Å². The molecular formula is C14H12N2S2. The molecule has 0 saturated heterocycles. The van der Waals surface area contributed by atoms with Gasteiger partial charge in [0.25, 0.3) is 0 Å². The predicted octanol–water partition coefficient (Wildman–Crippen LogP) is 4.55. The molecule has 3 heterocycles. The predicted molar refractivity (Wildman–Crippen MR) is 78.1 cm³/mol. The molecule has 0 atom stereocenters. The first kappa shape index (κ1) is 11.6. The molecule has 0 bridgehead atoms. The molecular weight excluding hydrogens is 260 g/mol. The number of thiophene rings is 2. The van der Waals surface area contributed by atoms with Gasteiger partial charge in [-0.2, -0.15) is 0 Å². The van der Waals surface area contributed by atoms with Crippen molar-refractivity contribution in [3.8, 4) is 21.1 Å². The molecule has 0 aliphatic rings. The summed E-state index contributed by atoms with van der Waals surface area (Å²) in [5.41, 5.74) is 1.90. The van der Waals surface area contributed by atoms with E-state index in [4.69, 9.17) is 0 Å². The molecule has 3 aromatic rings. The van der Waals surface area contributed by atoms with Gasteiger partial charge in [0.15, 0.2) is 0 Å². The van der Waals surface area contributed by atoms with E-state index in [-0.39, 0.29) is 0 Å². The Morgan fingerprint density at radius 3 is 1.44 bits per heavy atom. The minimum absolute atomic E-state index is 0.949. The van der Waals surface area contributed by atoms with Gasteiger partial charge in [0, 0.05) is 9.75 Å². The molecule has 3 rings (SSSR count). The Labute approximate surface area is 114 Å². The molecule has 3 aromatic heterocycles. The van der Waals surface area contributed by atoms with Crippen LogP contribution in [-0.4, -0.2) is 9.97 Å². The number of hydrogen-bond acceptors (Lipinski definition) is 4. The van der Waals surface area contributed by atoms with Crippen LogP contribution in [0.4, 0.5) is 0 Å². The first-order valence-corrected chi connectivity index (χ1v) is 7.31. The zero-order valence-corrected chi connectivity index (χ0v) is 11.8. The molecule has 0 aliphatic carbocycles. The van der Waals surface area contributed by atoms with E-state index >= 15 is 0 Å². The van der Waals surface area contributed by atoms with Gasteiger partial charge in [-0.1, -0.05) is 0 Å². The van der Waals surface area contributed by atoms with Crippen molar-refractivity contribution in [3.63, 3.8) is 0 Å². The minimum atomic E-state index is 0.949. The molecule has 0 aliphatic heterocycles. The van der Waals surface area contributed by atoms with Gasteiger partial charge in [0.2, 0.25) is 0 Å². The summed E-state index contributed by atoms with van der Waals surface area (Å²) >= 11 is 3.49. The first-order chi connectivity index (χ1) is 8.72. The van der Waals surface area contributed by atoms with Crippen LogP contribution in [0.2, 0.25) is 0 Å². The van der Waals surface area contributed by atoms with Crippen LogP contribution < -0.4 is 0 Å². The molecule has 0 aromatic carbocycles. The van der Waals surface area contributed by atoms with E-state index in [0.717, 1.165) is 11.4 Å². The second-order valence-corrected chi connectivity index (χ2v) is 6.68. The largest absolute Gasteiger partial charge is 0.251 e. The molecule has 4 heteroatoms. The molecule has 0 spiro atoms. The number of hydrogen-bond donors (Lipinski definition) is 0. The Morgan fingerprint density at radius 1 is 0.722 bits per heavy atom. The van der Waals surface area contributed by atoms with Crippen molar-refractivity contribution in [2.24, 2.45) is 0 Å². The lowest BCUT2D eigenvalue weighted by atomic mass is 10.3. The van der Waals surface area contributed by atoms with Gasteiger partial charge < -0.3 is 0 Å². The molecule has 0 fully saturated rings. The Hall–Kier alpha value is -1.52. The highest BCUT2D eigenvalue weighted by atomic mass is 32.1. The quantitative estimate of drug-likeness (QED) is 0.684. The van der Waals surface area contributed by atoms with Crippen LogP contribution in [0.25, 0.3) is 21.1 Å². The molecule has 0 saturated carbocycles. The zero-order chi connectivity index (χ0) is 12.5. The van der Waals surface area contributed by atoms with Crippen molar-refractivity contribution in [3.05, 3.63) is 46.4 Å². The maximum atomic E-state index is 4.50. The van der Waals surface area contributed by atoms with Crippen molar-refractivity contribution < 1.29 is 0 Å². The van der Waals surface area contributed by atoms with Crippen LogP contribution in [-0.2, 0) is 0 Å². The average Bonchev–Trinajstić information content (AvgIpc) is 2.98. The summed E-state index contributed by atoms with van der Waals surface area (Å²) in [6.07, 6.45) is 3.71. The highest BCUT2D eigenvalue weighted by Gasteiger charge is 2.06. The Morgan fingerprint density at radius 2 is 1.17 bits per heavy atom. The third kappa shape index (κ3) is 2.21. The van der Waals surface area contributed by atoms with Crippen molar-refractivity contribution in [2.45, 2.75) is 13.8 Å². The maximum Gasteiger partial charge on any atom is 0.0985 e. The van der Waals surface area contributed by atoms with E-state index < -0.39 is 0 Å². The highest BCUT2D eigenvalue weighted by Crippen LogP contribution is 2.28. The Bertz CT molecular complexity index is 606. The molecule has 0 radical (unpaired) electrons. The molecule has 0 amide bonds. The van der Waals surface area contributed by atoms with Crippen LogP contribution in [0.1, 0.15) is 9.75 Å². The number of nitrogens with zero attached hydrogens (tertiary/aromatic N) is 2. The number of aryl methyl sites for hydroxylation is 2. The van der Waals surface area contributed by atoms with Crippen LogP contribution in [0.15, 0.2) is 36.7 Å². The number of aromatic nitrogens is 2. The molecule has 18 heavy (non-hydrogen) atoms. The fourth-order valence-corrected chi connectivity index (χ4v) is 3.38. The lowest BCUT2D eigenvalue weighted by Crippen LogP contribution is -1.85. The topological polar surface area (TPSA) is 25.8 Å². The minimum Gasteiger partial charge on any atom is -0.251 e. The fourth-order valence-electron chi connectivity index (χ4n) is 1.73. The fraction of sp³-hybridized carbons (Fsp3) is 0.143. The standard InChI is InChI=1S/C14H12N2S2/c1-9-3-5-13(17-9)11-7-16-12(8-15-11)14-6-4-10(2)18-14/h3-8H,1-2H3. The summed E-state index contributed by atoms with van der Waals surface area (Å²) in [6, 6.07) is 8.41. The van der Waals surface area contributed by atoms with E-state index in [0.29, 0.717) is 0 Å². The average molecular weight is 272 g/mol.